The van der Waals surface area contributed by atoms with Gasteiger partial charge in [0.05, 0.1) is 31.9 Å². The molecule has 0 amide bonds. The van der Waals surface area contributed by atoms with Crippen molar-refractivity contribution >= 4 is 16.7 Å². The lowest BCUT2D eigenvalue weighted by atomic mass is 10.1. The molecule has 0 spiro atoms. The second-order valence-corrected chi connectivity index (χ2v) is 7.04. The van der Waals surface area contributed by atoms with E-state index in [1.807, 2.05) is 12.1 Å². The van der Waals surface area contributed by atoms with Gasteiger partial charge in [0.1, 0.15) is 23.7 Å². The maximum atomic E-state index is 14.0. The van der Waals surface area contributed by atoms with Crippen LogP contribution in [-0.4, -0.2) is 31.3 Å². The second kappa shape index (κ2) is 7.04. The highest BCUT2D eigenvalue weighted by atomic mass is 19.1. The van der Waals surface area contributed by atoms with Crippen molar-refractivity contribution in [3.05, 3.63) is 69.8 Å². The van der Waals surface area contributed by atoms with Crippen LogP contribution >= 0.6 is 0 Å². The van der Waals surface area contributed by atoms with Gasteiger partial charge in [-0.2, -0.15) is 0 Å². The van der Waals surface area contributed by atoms with Gasteiger partial charge in [-0.3, -0.25) is 0 Å². The summed E-state index contributed by atoms with van der Waals surface area (Å²) < 4.78 is 19.3. The number of aryl methyl sites for hydroxylation is 1. The fourth-order valence-corrected chi connectivity index (χ4v) is 3.78. The van der Waals surface area contributed by atoms with Gasteiger partial charge in [-0.1, -0.05) is 12.1 Å². The van der Waals surface area contributed by atoms with Crippen molar-refractivity contribution in [3.8, 4) is 5.75 Å². The van der Waals surface area contributed by atoms with E-state index in [0.29, 0.717) is 23.4 Å². The van der Waals surface area contributed by atoms with E-state index in [1.54, 1.807) is 25.1 Å². The molecule has 2 aromatic carbocycles. The van der Waals surface area contributed by atoms with E-state index < -0.39 is 5.63 Å². The summed E-state index contributed by atoms with van der Waals surface area (Å²) in [5, 5.41) is 10.7. The molecule has 1 aliphatic heterocycles. The standard InChI is InChI=1S/C21H21FN2O3/c1-14-19(25)7-6-16-15(12-20(26)27-21(14)16)13-23-8-10-24(11-9-23)18-5-3-2-4-17(18)22/h2-7,12,25H,8-11,13H2,1H3/p+1. The molecule has 1 aromatic heterocycles. The van der Waals surface area contributed by atoms with Crippen molar-refractivity contribution in [2.45, 2.75) is 13.5 Å². The Balaban J connectivity index is 1.54. The van der Waals surface area contributed by atoms with E-state index >= 15 is 0 Å². The smallest absolute Gasteiger partial charge is 0.336 e. The van der Waals surface area contributed by atoms with Crippen molar-refractivity contribution in [2.75, 3.05) is 31.1 Å². The lowest BCUT2D eigenvalue weighted by molar-refractivity contribution is -0.914. The van der Waals surface area contributed by atoms with Crippen molar-refractivity contribution in [1.29, 1.82) is 0 Å². The Hall–Kier alpha value is -2.86. The van der Waals surface area contributed by atoms with Crippen molar-refractivity contribution in [1.82, 2.24) is 0 Å². The zero-order valence-corrected chi connectivity index (χ0v) is 15.2. The number of phenolic OH excluding ortho intramolecular Hbond substituents is 1. The van der Waals surface area contributed by atoms with Gasteiger partial charge >= 0.3 is 5.63 Å². The topological polar surface area (TPSA) is 58.1 Å². The molecule has 1 fully saturated rings. The van der Waals surface area contributed by atoms with Crippen LogP contribution in [0.1, 0.15) is 11.1 Å². The first-order chi connectivity index (χ1) is 13.0. The van der Waals surface area contributed by atoms with E-state index in [2.05, 4.69) is 4.90 Å². The highest BCUT2D eigenvalue weighted by molar-refractivity contribution is 5.84. The predicted molar refractivity (Wildman–Crippen MR) is 102 cm³/mol. The molecule has 3 aromatic rings. The minimum atomic E-state index is -0.407. The molecule has 27 heavy (non-hydrogen) atoms. The quantitative estimate of drug-likeness (QED) is 0.692. The summed E-state index contributed by atoms with van der Waals surface area (Å²) in [5.41, 5.74) is 2.18. The number of nitrogens with zero attached hydrogens (tertiary/aromatic N) is 1. The summed E-state index contributed by atoms with van der Waals surface area (Å²) in [7, 11) is 0. The number of quaternary nitrogens is 1. The summed E-state index contributed by atoms with van der Waals surface area (Å²) in [6.07, 6.45) is 0. The molecule has 4 rings (SSSR count). The van der Waals surface area contributed by atoms with Gasteiger partial charge < -0.3 is 19.3 Å². The van der Waals surface area contributed by atoms with Crippen molar-refractivity contribution in [3.63, 3.8) is 0 Å². The van der Waals surface area contributed by atoms with Crippen molar-refractivity contribution < 1.29 is 18.8 Å². The SMILES string of the molecule is Cc1c(O)ccc2c(C[NH+]3CCN(c4ccccc4F)CC3)cc(=O)oc12. The highest BCUT2D eigenvalue weighted by Gasteiger charge is 2.23. The number of para-hydroxylation sites is 1. The number of nitrogens with one attached hydrogen (secondary N) is 1. The van der Waals surface area contributed by atoms with Crippen LogP contribution in [-0.2, 0) is 6.54 Å². The lowest BCUT2D eigenvalue weighted by Crippen LogP contribution is -3.13. The summed E-state index contributed by atoms with van der Waals surface area (Å²) in [5.74, 6) is -0.0726. The Labute approximate surface area is 156 Å². The molecule has 0 aliphatic carbocycles. The number of rotatable bonds is 3. The van der Waals surface area contributed by atoms with Gasteiger partial charge in [-0.15, -0.1) is 0 Å². The average Bonchev–Trinajstić information content (AvgIpc) is 2.66. The molecular formula is C21H22FN2O3+. The Morgan fingerprint density at radius 1 is 1.19 bits per heavy atom. The van der Waals surface area contributed by atoms with Crippen LogP contribution in [0.5, 0.6) is 5.75 Å². The Morgan fingerprint density at radius 2 is 1.93 bits per heavy atom. The highest BCUT2D eigenvalue weighted by Crippen LogP contribution is 2.27. The van der Waals surface area contributed by atoms with Crippen LogP contribution in [0.2, 0.25) is 0 Å². The monoisotopic (exact) mass is 369 g/mol. The number of hydrogen-bond acceptors (Lipinski definition) is 4. The van der Waals surface area contributed by atoms with E-state index in [0.717, 1.165) is 37.1 Å². The molecule has 0 saturated carbocycles. The molecule has 0 unspecified atom stereocenters. The van der Waals surface area contributed by atoms with Gasteiger partial charge in [0.15, 0.2) is 0 Å². The molecule has 1 aliphatic rings. The van der Waals surface area contributed by atoms with Crippen LogP contribution in [0.25, 0.3) is 11.0 Å². The first-order valence-electron chi connectivity index (χ1n) is 9.11. The van der Waals surface area contributed by atoms with Crippen LogP contribution < -0.4 is 15.4 Å². The van der Waals surface area contributed by atoms with Gasteiger partial charge in [-0.25, -0.2) is 9.18 Å². The number of fused-ring (bicyclic) bond motifs is 1. The zero-order valence-electron chi connectivity index (χ0n) is 15.2. The van der Waals surface area contributed by atoms with Crippen LogP contribution in [0.4, 0.5) is 10.1 Å². The second-order valence-electron chi connectivity index (χ2n) is 7.04. The third kappa shape index (κ3) is 3.40. The van der Waals surface area contributed by atoms with Gasteiger partial charge in [0.25, 0.3) is 0 Å². The normalized spacial score (nSPS) is 15.4. The number of aromatic hydroxyl groups is 1. The molecular weight excluding hydrogens is 347 g/mol. The largest absolute Gasteiger partial charge is 0.508 e. The zero-order chi connectivity index (χ0) is 19.0. The molecule has 6 heteroatoms. The molecule has 0 atom stereocenters. The van der Waals surface area contributed by atoms with Crippen LogP contribution in [0.3, 0.4) is 0 Å². The molecule has 2 heterocycles. The maximum absolute atomic E-state index is 14.0. The lowest BCUT2D eigenvalue weighted by Gasteiger charge is -2.33. The van der Waals surface area contributed by atoms with Gasteiger partial charge in [0, 0.05) is 22.6 Å². The van der Waals surface area contributed by atoms with E-state index in [-0.39, 0.29) is 11.6 Å². The average molecular weight is 369 g/mol. The molecule has 5 nitrogen and oxygen atoms in total. The van der Waals surface area contributed by atoms with E-state index in [4.69, 9.17) is 4.42 Å². The molecule has 0 bridgehead atoms. The first kappa shape index (κ1) is 17.5. The number of phenols is 1. The fourth-order valence-electron chi connectivity index (χ4n) is 3.78. The minimum Gasteiger partial charge on any atom is -0.508 e. The fraction of sp³-hybridized carbons (Fsp3) is 0.286. The summed E-state index contributed by atoms with van der Waals surface area (Å²) >= 11 is 0. The number of piperazine rings is 1. The number of benzene rings is 2. The van der Waals surface area contributed by atoms with Crippen LogP contribution in [0, 0.1) is 12.7 Å². The molecule has 0 radical (unpaired) electrons. The Morgan fingerprint density at radius 3 is 2.67 bits per heavy atom. The third-order valence-corrected chi connectivity index (χ3v) is 5.32. The third-order valence-electron chi connectivity index (χ3n) is 5.32. The minimum absolute atomic E-state index is 0.119. The van der Waals surface area contributed by atoms with Gasteiger partial charge in [-0.05, 0) is 31.2 Å². The Kier molecular flexibility index (Phi) is 4.58. The molecule has 1 saturated heterocycles. The van der Waals surface area contributed by atoms with Crippen LogP contribution in [0.15, 0.2) is 51.7 Å². The summed E-state index contributed by atoms with van der Waals surface area (Å²) in [6, 6.07) is 11.8. The Bertz CT molecular complexity index is 1040. The van der Waals surface area contributed by atoms with Crippen molar-refractivity contribution in [2.24, 2.45) is 0 Å². The van der Waals surface area contributed by atoms with E-state index in [1.165, 1.54) is 17.0 Å². The summed E-state index contributed by atoms with van der Waals surface area (Å²) in [4.78, 5) is 15.4. The number of anilines is 1. The van der Waals surface area contributed by atoms with E-state index in [9.17, 15) is 14.3 Å². The predicted octanol–water partition coefficient (Wildman–Crippen LogP) is 1.85. The molecule has 2 N–H and O–H groups in total. The van der Waals surface area contributed by atoms with Gasteiger partial charge in [0.2, 0.25) is 0 Å². The molecule has 140 valence electrons. The summed E-state index contributed by atoms with van der Waals surface area (Å²) in [6.45, 7) is 5.66. The number of halogens is 1. The number of hydrogen-bond donors (Lipinski definition) is 2. The first-order valence-corrected chi connectivity index (χ1v) is 9.11. The maximum Gasteiger partial charge on any atom is 0.336 e.